The van der Waals surface area contributed by atoms with E-state index in [1.807, 2.05) is 30.3 Å². The Bertz CT molecular complexity index is 767. The Kier molecular flexibility index (Phi) is 5.38. The smallest absolute Gasteiger partial charge is 0.220 e. The number of rotatable bonds is 7. The van der Waals surface area contributed by atoms with E-state index in [0.717, 1.165) is 12.0 Å². The van der Waals surface area contributed by atoms with Crippen LogP contribution in [0.2, 0.25) is 0 Å². The number of carbonyl (C=O) groups excluding carboxylic acids is 1. The van der Waals surface area contributed by atoms with Crippen molar-refractivity contribution >= 4 is 17.2 Å². The summed E-state index contributed by atoms with van der Waals surface area (Å²) in [5, 5.41) is 13.5. The molecule has 124 valence electrons. The molecule has 1 atom stereocenters. The maximum absolute atomic E-state index is 12.4. The Morgan fingerprint density at radius 2 is 1.96 bits per heavy atom. The van der Waals surface area contributed by atoms with E-state index in [9.17, 15) is 4.79 Å². The molecular formula is C18H20N4OS. The normalized spacial score (nSPS) is 12.0. The number of amides is 1. The summed E-state index contributed by atoms with van der Waals surface area (Å²) in [6.45, 7) is 2.60. The Balaban J connectivity index is 1.64. The van der Waals surface area contributed by atoms with Crippen LogP contribution in [0.4, 0.5) is 0 Å². The maximum Gasteiger partial charge on any atom is 0.220 e. The molecular weight excluding hydrogens is 320 g/mol. The van der Waals surface area contributed by atoms with Crippen LogP contribution in [0.5, 0.6) is 0 Å². The van der Waals surface area contributed by atoms with Crippen molar-refractivity contribution in [2.75, 3.05) is 0 Å². The fourth-order valence-electron chi connectivity index (χ4n) is 2.57. The first-order valence-corrected chi connectivity index (χ1v) is 8.81. The number of nitrogens with one attached hydrogen (secondary N) is 1. The largest absolute Gasteiger partial charge is 0.347 e. The summed E-state index contributed by atoms with van der Waals surface area (Å²) in [6, 6.07) is 11.9. The third kappa shape index (κ3) is 4.29. The molecule has 2 aromatic heterocycles. The van der Waals surface area contributed by atoms with Crippen molar-refractivity contribution in [3.8, 4) is 0 Å². The van der Waals surface area contributed by atoms with Crippen molar-refractivity contribution in [3.05, 3.63) is 70.2 Å². The highest BCUT2D eigenvalue weighted by Crippen LogP contribution is 2.18. The van der Waals surface area contributed by atoms with Gasteiger partial charge in [-0.3, -0.25) is 4.79 Å². The second-order valence-electron chi connectivity index (χ2n) is 5.64. The van der Waals surface area contributed by atoms with Crippen LogP contribution in [0.25, 0.3) is 0 Å². The van der Waals surface area contributed by atoms with Gasteiger partial charge in [0.05, 0.1) is 25.0 Å². The van der Waals surface area contributed by atoms with Gasteiger partial charge in [0.2, 0.25) is 5.91 Å². The van der Waals surface area contributed by atoms with Gasteiger partial charge in [0.25, 0.3) is 0 Å². The molecule has 0 aliphatic rings. The van der Waals surface area contributed by atoms with Crippen LogP contribution in [-0.2, 0) is 17.8 Å². The number of carbonyl (C=O) groups is 1. The Morgan fingerprint density at radius 3 is 2.62 bits per heavy atom. The average Bonchev–Trinajstić information content (AvgIpc) is 3.25. The first-order valence-electron chi connectivity index (χ1n) is 7.94. The summed E-state index contributed by atoms with van der Waals surface area (Å²) < 4.78 is 0. The molecule has 24 heavy (non-hydrogen) atoms. The molecule has 0 fully saturated rings. The minimum Gasteiger partial charge on any atom is -0.347 e. The van der Waals surface area contributed by atoms with Crippen molar-refractivity contribution in [2.24, 2.45) is 0 Å². The predicted octanol–water partition coefficient (Wildman–Crippen LogP) is 3.14. The molecule has 1 unspecified atom stereocenters. The molecule has 0 saturated heterocycles. The van der Waals surface area contributed by atoms with Gasteiger partial charge < -0.3 is 5.32 Å². The van der Waals surface area contributed by atoms with Crippen LogP contribution in [0.1, 0.15) is 28.5 Å². The quantitative estimate of drug-likeness (QED) is 0.719. The molecule has 0 spiro atoms. The zero-order valence-electron chi connectivity index (χ0n) is 13.6. The lowest BCUT2D eigenvalue weighted by molar-refractivity contribution is -0.121. The minimum atomic E-state index is -0.143. The average molecular weight is 340 g/mol. The van der Waals surface area contributed by atoms with Crippen molar-refractivity contribution < 1.29 is 4.79 Å². The number of benzene rings is 1. The molecule has 0 saturated carbocycles. The molecule has 3 aromatic rings. The Hall–Kier alpha value is -2.47. The van der Waals surface area contributed by atoms with Crippen LogP contribution in [-0.4, -0.2) is 20.9 Å². The number of aromatic nitrogens is 3. The van der Waals surface area contributed by atoms with Crippen LogP contribution < -0.4 is 5.32 Å². The molecule has 6 heteroatoms. The Labute approximate surface area is 145 Å². The van der Waals surface area contributed by atoms with Gasteiger partial charge in [-0.2, -0.15) is 15.0 Å². The minimum absolute atomic E-state index is 0.0452. The second-order valence-corrected chi connectivity index (χ2v) is 6.64. The SMILES string of the molecule is Cc1ccsc1CCC(=O)NC(Cn1nccn1)c1ccccc1. The van der Waals surface area contributed by atoms with Crippen LogP contribution in [0.3, 0.4) is 0 Å². The summed E-state index contributed by atoms with van der Waals surface area (Å²) >= 11 is 1.71. The lowest BCUT2D eigenvalue weighted by Gasteiger charge is -2.18. The third-order valence-corrected chi connectivity index (χ3v) is 4.98. The van der Waals surface area contributed by atoms with E-state index in [0.29, 0.717) is 13.0 Å². The summed E-state index contributed by atoms with van der Waals surface area (Å²) in [6.07, 6.45) is 4.54. The molecule has 0 aliphatic carbocycles. The molecule has 5 nitrogen and oxygen atoms in total. The van der Waals surface area contributed by atoms with Crippen molar-refractivity contribution in [1.29, 1.82) is 0 Å². The first-order chi connectivity index (χ1) is 11.7. The van der Waals surface area contributed by atoms with Crippen molar-refractivity contribution in [1.82, 2.24) is 20.3 Å². The molecule has 2 heterocycles. The lowest BCUT2D eigenvalue weighted by atomic mass is 10.1. The van der Waals surface area contributed by atoms with Crippen LogP contribution >= 0.6 is 11.3 Å². The summed E-state index contributed by atoms with van der Waals surface area (Å²) in [7, 11) is 0. The van der Waals surface area contributed by atoms with Crippen LogP contribution in [0, 0.1) is 6.92 Å². The highest BCUT2D eigenvalue weighted by molar-refractivity contribution is 7.10. The van der Waals surface area contributed by atoms with Gasteiger partial charge in [-0.1, -0.05) is 30.3 Å². The van der Waals surface area contributed by atoms with Gasteiger partial charge in [-0.25, -0.2) is 0 Å². The highest BCUT2D eigenvalue weighted by atomic mass is 32.1. The van der Waals surface area contributed by atoms with Gasteiger partial charge >= 0.3 is 0 Å². The summed E-state index contributed by atoms with van der Waals surface area (Å²) in [5.74, 6) is 0.0452. The van der Waals surface area contributed by atoms with E-state index < -0.39 is 0 Å². The van der Waals surface area contributed by atoms with Crippen molar-refractivity contribution in [2.45, 2.75) is 32.4 Å². The zero-order chi connectivity index (χ0) is 16.8. The number of nitrogens with zero attached hydrogens (tertiary/aromatic N) is 3. The van der Waals surface area contributed by atoms with E-state index in [1.54, 1.807) is 28.5 Å². The second kappa shape index (κ2) is 7.88. The highest BCUT2D eigenvalue weighted by Gasteiger charge is 2.16. The van der Waals surface area contributed by atoms with E-state index in [-0.39, 0.29) is 11.9 Å². The number of hydrogen-bond acceptors (Lipinski definition) is 4. The molecule has 1 N–H and O–H groups in total. The molecule has 1 aromatic carbocycles. The van der Waals surface area contributed by atoms with Crippen molar-refractivity contribution in [3.63, 3.8) is 0 Å². The molecule has 3 rings (SSSR count). The topological polar surface area (TPSA) is 59.8 Å². The third-order valence-electron chi connectivity index (χ3n) is 3.90. The zero-order valence-corrected chi connectivity index (χ0v) is 14.4. The summed E-state index contributed by atoms with van der Waals surface area (Å²) in [4.78, 5) is 15.3. The van der Waals surface area contributed by atoms with Crippen LogP contribution in [0.15, 0.2) is 54.2 Å². The molecule has 0 aliphatic heterocycles. The maximum atomic E-state index is 12.4. The van der Waals surface area contributed by atoms with E-state index in [1.165, 1.54) is 10.4 Å². The van der Waals surface area contributed by atoms with Gasteiger partial charge in [-0.05, 0) is 35.9 Å². The van der Waals surface area contributed by atoms with E-state index in [4.69, 9.17) is 0 Å². The number of aryl methyl sites for hydroxylation is 2. The first kappa shape index (κ1) is 16.4. The molecule has 1 amide bonds. The fourth-order valence-corrected chi connectivity index (χ4v) is 3.48. The summed E-state index contributed by atoms with van der Waals surface area (Å²) in [5.41, 5.74) is 2.31. The molecule has 0 radical (unpaired) electrons. The van der Waals surface area contributed by atoms with Gasteiger partial charge in [0.15, 0.2) is 0 Å². The van der Waals surface area contributed by atoms with Gasteiger partial charge in [0.1, 0.15) is 0 Å². The molecule has 0 bridgehead atoms. The monoisotopic (exact) mass is 340 g/mol. The Morgan fingerprint density at radius 1 is 1.21 bits per heavy atom. The predicted molar refractivity (Wildman–Crippen MR) is 94.7 cm³/mol. The number of hydrogen-bond donors (Lipinski definition) is 1. The number of thiophene rings is 1. The van der Waals surface area contributed by atoms with E-state index >= 15 is 0 Å². The van der Waals surface area contributed by atoms with Gasteiger partial charge in [0, 0.05) is 11.3 Å². The lowest BCUT2D eigenvalue weighted by Crippen LogP contribution is -2.32. The van der Waals surface area contributed by atoms with Gasteiger partial charge in [-0.15, -0.1) is 11.3 Å². The standard InChI is InChI=1S/C18H20N4OS/c1-14-9-12-24-17(14)7-8-18(23)21-16(13-22-19-10-11-20-22)15-5-3-2-4-6-15/h2-6,9-12,16H,7-8,13H2,1H3,(H,21,23). The van der Waals surface area contributed by atoms with E-state index in [2.05, 4.69) is 33.9 Å². The fraction of sp³-hybridized carbons (Fsp3) is 0.278.